The van der Waals surface area contributed by atoms with Gasteiger partial charge in [0.25, 0.3) is 0 Å². The van der Waals surface area contributed by atoms with Gasteiger partial charge in [0, 0.05) is 78.4 Å². The number of carboxylic acids is 1. The molecule has 0 saturated carbocycles. The molecule has 2 unspecified atom stereocenters. The number of nitrogens with two attached hydrogens (primary N) is 2. The number of carboxylic acid groups (broad SMARTS) is 1. The summed E-state index contributed by atoms with van der Waals surface area (Å²) in [5, 5.41) is 17.6. The summed E-state index contributed by atoms with van der Waals surface area (Å²) >= 11 is 0. The fourth-order valence-electron chi connectivity index (χ4n) is 9.12. The lowest BCUT2D eigenvalue weighted by atomic mass is 9.89. The van der Waals surface area contributed by atoms with Gasteiger partial charge in [-0.1, -0.05) is 83.0 Å². The summed E-state index contributed by atoms with van der Waals surface area (Å²) < 4.78 is 13.4. The minimum atomic E-state index is -1.10. The van der Waals surface area contributed by atoms with Crippen LogP contribution in [0.1, 0.15) is 107 Å². The van der Waals surface area contributed by atoms with Crippen LogP contribution in [0.3, 0.4) is 0 Å². The molecule has 4 aromatic rings. The summed E-state index contributed by atoms with van der Waals surface area (Å²) in [4.78, 5) is 103. The number of ketones is 1. The number of amides is 5. The van der Waals surface area contributed by atoms with E-state index in [1.165, 1.54) is 35.6 Å². The van der Waals surface area contributed by atoms with E-state index >= 15 is 0 Å². The number of aryl methyl sites for hydroxylation is 1. The van der Waals surface area contributed by atoms with Crippen molar-refractivity contribution in [2.45, 2.75) is 125 Å². The predicted molar refractivity (Wildman–Crippen MR) is 289 cm³/mol. The molecule has 414 valence electrons. The van der Waals surface area contributed by atoms with E-state index in [-0.39, 0.29) is 63.0 Å². The van der Waals surface area contributed by atoms with E-state index < -0.39 is 59.9 Å². The number of fused-ring (bicyclic) bond motifs is 1. The maximum absolute atomic E-state index is 14.0. The third-order valence-corrected chi connectivity index (χ3v) is 13.7. The van der Waals surface area contributed by atoms with Crippen LogP contribution in [0, 0.1) is 24.7 Å². The molecule has 3 heterocycles. The van der Waals surface area contributed by atoms with Gasteiger partial charge >= 0.3 is 24.1 Å². The predicted octanol–water partition coefficient (Wildman–Crippen LogP) is 5.63. The number of anilines is 2. The number of nitrogens with zero attached hydrogens (tertiary/aromatic N) is 6. The maximum Gasteiger partial charge on any atom is 0.410 e. The van der Waals surface area contributed by atoms with Crippen molar-refractivity contribution in [2.24, 2.45) is 23.5 Å². The number of Topliss-reactive ketones (excluding diaryl/α,β-unsaturated/α-hetero) is 1. The van der Waals surface area contributed by atoms with Crippen LogP contribution in [-0.2, 0) is 59.6 Å². The van der Waals surface area contributed by atoms with E-state index in [2.05, 4.69) is 67.4 Å². The Morgan fingerprint density at radius 1 is 0.842 bits per heavy atom. The summed E-state index contributed by atoms with van der Waals surface area (Å²) in [5.74, 6) is -3.98. The Hall–Kier alpha value is -7.29. The number of aliphatic carboxylic acids is 1. The zero-order valence-corrected chi connectivity index (χ0v) is 45.3. The lowest BCUT2D eigenvalue weighted by molar-refractivity contribution is -0.154. The number of hydrogen-bond donors (Lipinski definition) is 6. The fraction of sp³-hybridized carbons (Fsp3) is 0.545. The van der Waals surface area contributed by atoms with Crippen LogP contribution >= 0.6 is 0 Å². The van der Waals surface area contributed by atoms with Gasteiger partial charge in [0.1, 0.15) is 18.2 Å². The highest BCUT2D eigenvalue weighted by atomic mass is 16.6. The molecule has 1 fully saturated rings. The van der Waals surface area contributed by atoms with Crippen LogP contribution in [0.25, 0.3) is 11.0 Å². The summed E-state index contributed by atoms with van der Waals surface area (Å²) in [6.07, 6.45) is 4.23. The van der Waals surface area contributed by atoms with Crippen molar-refractivity contribution < 1.29 is 48.1 Å². The molecule has 5 rings (SSSR count). The van der Waals surface area contributed by atoms with Gasteiger partial charge in [-0.05, 0) is 72.9 Å². The number of nitrogen functional groups attached to an aromatic ring is 1. The van der Waals surface area contributed by atoms with Crippen molar-refractivity contribution >= 4 is 64.5 Å². The van der Waals surface area contributed by atoms with Crippen LogP contribution < -0.4 is 27.4 Å². The highest BCUT2D eigenvalue weighted by Crippen LogP contribution is 2.26. The van der Waals surface area contributed by atoms with Crippen LogP contribution in [0.4, 0.5) is 21.4 Å². The number of unbranched alkanes of at least 4 members (excludes halogenated alkanes) is 2. The molecule has 5 amide bonds. The average molecular weight is 1050 g/mol. The molecule has 8 N–H and O–H groups in total. The Bertz CT molecular complexity index is 2610. The van der Waals surface area contributed by atoms with Gasteiger partial charge in [0.15, 0.2) is 11.6 Å². The number of hydrogen-bond acceptors (Lipinski definition) is 14. The average Bonchev–Trinajstić information content (AvgIpc) is 3.78. The second-order valence-corrected chi connectivity index (χ2v) is 20.3. The highest BCUT2D eigenvalue weighted by molar-refractivity contribution is 5.92. The second-order valence-electron chi connectivity index (χ2n) is 20.3. The Morgan fingerprint density at radius 2 is 1.54 bits per heavy atom. The largest absolute Gasteiger partial charge is 0.481 e. The molecule has 1 aliphatic rings. The van der Waals surface area contributed by atoms with Gasteiger partial charge < -0.3 is 56.4 Å². The van der Waals surface area contributed by atoms with E-state index in [0.717, 1.165) is 54.8 Å². The SMILES string of the molecule is CCCCCNc1nc(N)nc2ccn(Cc3ccc(CN4CCN(C(=O)OCc5ccc(CC(=O)[C@H](CCCNC(N)=O)N(C)C(=O)[C@@H](CC(=O)OC(C)CNC(=O)CC(C)C(=O)O)C(C)C)cc5)CC4)cc3C)c12. The molecule has 4 atom stereocenters. The highest BCUT2D eigenvalue weighted by Gasteiger charge is 2.34. The number of piperazine rings is 1. The quantitative estimate of drug-likeness (QED) is 0.0284. The lowest BCUT2D eigenvalue weighted by Gasteiger charge is -2.34. The van der Waals surface area contributed by atoms with Gasteiger partial charge in [-0.15, -0.1) is 0 Å². The Labute approximate surface area is 445 Å². The summed E-state index contributed by atoms with van der Waals surface area (Å²) in [7, 11) is 1.52. The molecule has 76 heavy (non-hydrogen) atoms. The zero-order valence-electron chi connectivity index (χ0n) is 45.3. The minimum Gasteiger partial charge on any atom is -0.481 e. The molecule has 0 radical (unpaired) electrons. The van der Waals surface area contributed by atoms with E-state index in [1.54, 1.807) is 49.9 Å². The third-order valence-electron chi connectivity index (χ3n) is 13.7. The third kappa shape index (κ3) is 18.2. The molecule has 21 heteroatoms. The summed E-state index contributed by atoms with van der Waals surface area (Å²) in [6.45, 7) is 15.7. The number of urea groups is 1. The zero-order chi connectivity index (χ0) is 55.5. The van der Waals surface area contributed by atoms with Crippen LogP contribution in [0.2, 0.25) is 0 Å². The number of likely N-dealkylation sites (N-methyl/N-ethyl adjacent to an activating group) is 1. The standard InChI is InChI=1S/C55H79N11O10/c1-8-9-10-20-58-50-49-44(61-53(56)62-50)19-22-66(49)33-42-18-17-41(27-36(42)4)32-64-23-25-65(26-24-64)55(74)75-34-40-15-13-39(14-16-40)29-46(67)45(12-11-21-59-54(57)73)63(7)51(70)43(35(2)3)30-48(69)76-38(6)31-60-47(68)28-37(5)52(71)72/h13-19,22,27,35,37-38,43,45H,8-12,20-21,23-26,28-34H2,1-7H3,(H,60,68)(H,71,72)(H3,57,59,73)(H3,56,58,61,62)/t37?,38?,43-,45-/m0/s1. The minimum absolute atomic E-state index is 0.0161. The Balaban J connectivity index is 1.09. The number of aromatic nitrogens is 3. The van der Waals surface area contributed by atoms with Crippen LogP contribution in [0.15, 0.2) is 54.7 Å². The second kappa shape index (κ2) is 29.1. The molecule has 21 nitrogen and oxygen atoms in total. The molecule has 2 aromatic carbocycles. The van der Waals surface area contributed by atoms with Gasteiger partial charge in [-0.25, -0.2) is 14.6 Å². The first kappa shape index (κ1) is 59.6. The molecule has 1 saturated heterocycles. The van der Waals surface area contributed by atoms with Crippen molar-refractivity contribution in [3.63, 3.8) is 0 Å². The van der Waals surface area contributed by atoms with Crippen molar-refractivity contribution in [3.8, 4) is 0 Å². The van der Waals surface area contributed by atoms with Crippen molar-refractivity contribution in [3.05, 3.63) is 82.5 Å². The number of carbonyl (C=O) groups is 7. The molecule has 0 spiro atoms. The van der Waals surface area contributed by atoms with E-state index in [1.807, 2.05) is 12.3 Å². The van der Waals surface area contributed by atoms with Gasteiger partial charge in [0.2, 0.25) is 17.8 Å². The lowest BCUT2D eigenvalue weighted by Crippen LogP contribution is -2.48. The summed E-state index contributed by atoms with van der Waals surface area (Å²) in [5.41, 5.74) is 18.0. The first-order valence-corrected chi connectivity index (χ1v) is 26.4. The monoisotopic (exact) mass is 1050 g/mol. The molecule has 0 bridgehead atoms. The number of nitrogens with one attached hydrogen (secondary N) is 3. The number of rotatable bonds is 29. The molecular weight excluding hydrogens is 975 g/mol. The van der Waals surface area contributed by atoms with Gasteiger partial charge in [-0.2, -0.15) is 4.98 Å². The van der Waals surface area contributed by atoms with Gasteiger partial charge in [0.05, 0.1) is 36.4 Å². The smallest absolute Gasteiger partial charge is 0.410 e. The molecule has 2 aromatic heterocycles. The van der Waals surface area contributed by atoms with E-state index in [4.69, 9.17) is 26.0 Å². The number of ether oxygens (including phenoxy) is 2. The van der Waals surface area contributed by atoms with Crippen molar-refractivity contribution in [1.29, 1.82) is 0 Å². The molecule has 1 aliphatic heterocycles. The Kier molecular flexibility index (Phi) is 22.8. The first-order valence-electron chi connectivity index (χ1n) is 26.4. The van der Waals surface area contributed by atoms with Crippen LogP contribution in [0.5, 0.6) is 0 Å². The summed E-state index contributed by atoms with van der Waals surface area (Å²) in [6, 6.07) is 14.1. The number of esters is 1. The van der Waals surface area contributed by atoms with Crippen molar-refractivity contribution in [2.75, 3.05) is 63.9 Å². The van der Waals surface area contributed by atoms with E-state index in [9.17, 15) is 33.6 Å². The molecule has 0 aliphatic carbocycles. The number of primary amides is 1. The van der Waals surface area contributed by atoms with Crippen molar-refractivity contribution in [1.82, 2.24) is 39.9 Å². The first-order chi connectivity index (χ1) is 36.2. The topological polar surface area (TPSA) is 287 Å². The molecular formula is C55H79N11O10. The van der Waals surface area contributed by atoms with Gasteiger partial charge in [-0.3, -0.25) is 28.9 Å². The van der Waals surface area contributed by atoms with Crippen LogP contribution in [-0.4, -0.2) is 141 Å². The normalized spacial score (nSPS) is 14.3. The fourth-order valence-corrected chi connectivity index (χ4v) is 9.12. The Morgan fingerprint density at radius 3 is 2.20 bits per heavy atom. The maximum atomic E-state index is 14.0. The number of benzene rings is 2. The number of carbonyl (C=O) groups excluding carboxylic acids is 6. The van der Waals surface area contributed by atoms with E-state index in [0.29, 0.717) is 44.7 Å².